The predicted molar refractivity (Wildman–Crippen MR) is 160 cm³/mol. The van der Waals surface area contributed by atoms with Gasteiger partial charge in [0.05, 0.1) is 35.3 Å². The lowest BCUT2D eigenvalue weighted by Crippen LogP contribution is -2.48. The molecule has 232 valence electrons. The summed E-state index contributed by atoms with van der Waals surface area (Å²) < 4.78 is 79.4. The Morgan fingerprint density at radius 1 is 0.864 bits per heavy atom. The number of amides is 1. The molecule has 0 aliphatic rings. The monoisotopic (exact) mass is 629 g/mol. The number of halogens is 4. The average Bonchev–Trinajstić information content (AvgIpc) is 2.96. The Bertz CT molecular complexity index is 1680. The van der Waals surface area contributed by atoms with Crippen LogP contribution in [0.4, 0.5) is 28.9 Å². The molecule has 0 radical (unpaired) electrons. The lowest BCUT2D eigenvalue weighted by Gasteiger charge is -2.26. The van der Waals surface area contributed by atoms with E-state index in [1.54, 1.807) is 0 Å². The van der Waals surface area contributed by atoms with Crippen molar-refractivity contribution in [1.82, 2.24) is 10.6 Å². The topological polar surface area (TPSA) is 98.7 Å². The summed E-state index contributed by atoms with van der Waals surface area (Å²) in [5.41, 5.74) is 0.664. The van der Waals surface area contributed by atoms with Crippen LogP contribution in [0.15, 0.2) is 103 Å². The highest BCUT2D eigenvalue weighted by Crippen LogP contribution is 2.30. The van der Waals surface area contributed by atoms with E-state index in [9.17, 15) is 35.9 Å². The van der Waals surface area contributed by atoms with Crippen LogP contribution in [0.2, 0.25) is 0 Å². The van der Waals surface area contributed by atoms with Crippen LogP contribution in [0.5, 0.6) is 0 Å². The zero-order valence-corrected chi connectivity index (χ0v) is 24.4. The molecule has 4 aromatic carbocycles. The molecule has 12 heteroatoms. The van der Waals surface area contributed by atoms with Gasteiger partial charge in [-0.05, 0) is 60.0 Å². The molecule has 1 amide bonds. The van der Waals surface area contributed by atoms with Crippen LogP contribution in [0.25, 0.3) is 0 Å². The summed E-state index contributed by atoms with van der Waals surface area (Å²) in [4.78, 5) is 13.4. The molecular weight excluding hydrogens is 598 g/mol. The number of nitrogens with one attached hydrogen (secondary N) is 2. The summed E-state index contributed by atoms with van der Waals surface area (Å²) in [6.07, 6.45) is -4.43. The van der Waals surface area contributed by atoms with Gasteiger partial charge in [-0.25, -0.2) is 17.1 Å². The Morgan fingerprint density at radius 2 is 1.50 bits per heavy atom. The van der Waals surface area contributed by atoms with Gasteiger partial charge >= 0.3 is 6.18 Å². The van der Waals surface area contributed by atoms with Gasteiger partial charge in [-0.15, -0.1) is 0 Å². The van der Waals surface area contributed by atoms with Crippen molar-refractivity contribution in [2.45, 2.75) is 31.3 Å². The van der Waals surface area contributed by atoms with Gasteiger partial charge in [0.15, 0.2) is 0 Å². The molecule has 0 aliphatic heterocycles. The van der Waals surface area contributed by atoms with E-state index in [2.05, 4.69) is 10.6 Å². The molecule has 0 fully saturated rings. The number of nitrogens with zero attached hydrogens (tertiary/aromatic N) is 1. The van der Waals surface area contributed by atoms with Crippen molar-refractivity contribution in [2.24, 2.45) is 0 Å². The number of hydrogen-bond donors (Lipinski definition) is 3. The smallest absolute Gasteiger partial charge is 0.390 e. The third-order valence-corrected chi connectivity index (χ3v) is 7.82. The van der Waals surface area contributed by atoms with Gasteiger partial charge in [-0.2, -0.15) is 13.2 Å². The van der Waals surface area contributed by atoms with Gasteiger partial charge < -0.3 is 15.7 Å². The van der Waals surface area contributed by atoms with Crippen LogP contribution in [-0.4, -0.2) is 44.4 Å². The second-order valence-corrected chi connectivity index (χ2v) is 12.1. The van der Waals surface area contributed by atoms with Crippen LogP contribution in [0.3, 0.4) is 0 Å². The van der Waals surface area contributed by atoms with Gasteiger partial charge in [-0.1, -0.05) is 60.7 Å². The summed E-state index contributed by atoms with van der Waals surface area (Å²) in [6, 6.07) is 23.9. The molecule has 0 spiro atoms. The zero-order valence-electron chi connectivity index (χ0n) is 23.6. The maximum atomic E-state index is 13.9. The number of hydrogen-bond acceptors (Lipinski definition) is 5. The average molecular weight is 630 g/mol. The number of aliphatic hydroxyl groups is 1. The number of sulfonamides is 1. The molecule has 0 aromatic heterocycles. The first-order valence-electron chi connectivity index (χ1n) is 13.6. The maximum absolute atomic E-state index is 13.9. The SMILES string of the molecule is CS(=O)(=O)N(c1cccc(F)c1)c1cccc(C(=O)N[C@@H](Cc2ccccc2)[C@H](O)CNCc2cccc(C(F)(F)F)c2)c1. The lowest BCUT2D eigenvalue weighted by atomic mass is 10.00. The van der Waals surface area contributed by atoms with E-state index in [1.165, 1.54) is 54.6 Å². The Balaban J connectivity index is 1.52. The molecule has 0 unspecified atom stereocenters. The number of carbonyl (C=O) groups excluding carboxylic acids is 1. The Hall–Kier alpha value is -4.26. The zero-order chi connectivity index (χ0) is 31.9. The molecule has 7 nitrogen and oxygen atoms in total. The predicted octanol–water partition coefficient (Wildman–Crippen LogP) is 5.43. The quantitative estimate of drug-likeness (QED) is 0.182. The highest BCUT2D eigenvalue weighted by atomic mass is 32.2. The molecular formula is C32H31F4N3O4S. The lowest BCUT2D eigenvalue weighted by molar-refractivity contribution is -0.137. The van der Waals surface area contributed by atoms with Crippen molar-refractivity contribution in [1.29, 1.82) is 0 Å². The molecule has 3 N–H and O–H groups in total. The van der Waals surface area contributed by atoms with Crippen LogP contribution >= 0.6 is 0 Å². The summed E-state index contributed by atoms with van der Waals surface area (Å²) in [5, 5.41) is 16.8. The van der Waals surface area contributed by atoms with Crippen molar-refractivity contribution < 1.29 is 35.9 Å². The van der Waals surface area contributed by atoms with E-state index in [0.717, 1.165) is 34.3 Å². The third-order valence-electron chi connectivity index (χ3n) is 6.73. The highest BCUT2D eigenvalue weighted by molar-refractivity contribution is 7.92. The van der Waals surface area contributed by atoms with Crippen LogP contribution < -0.4 is 14.9 Å². The molecule has 44 heavy (non-hydrogen) atoms. The van der Waals surface area contributed by atoms with Gasteiger partial charge in [0.2, 0.25) is 10.0 Å². The van der Waals surface area contributed by atoms with E-state index in [4.69, 9.17) is 0 Å². The molecule has 0 aliphatic carbocycles. The van der Waals surface area contributed by atoms with Crippen LogP contribution in [-0.2, 0) is 29.2 Å². The summed E-state index contributed by atoms with van der Waals surface area (Å²) in [7, 11) is -3.93. The minimum atomic E-state index is -4.48. The first-order chi connectivity index (χ1) is 20.8. The standard InChI is InChI=1S/C32H31F4N3O4S/c1-44(42,43)39(28-15-7-13-26(33)19-28)27-14-6-11-24(18-27)31(41)38-29(17-22-8-3-2-4-9-22)30(40)21-37-20-23-10-5-12-25(16-23)32(34,35)36/h2-16,18-19,29-30,37,40H,17,20-21H2,1H3,(H,38,41)/t29-,30+/m0/s1. The summed E-state index contributed by atoms with van der Waals surface area (Å²) in [6.45, 7) is 0.00588. The second kappa shape index (κ2) is 14.0. The molecule has 4 aromatic rings. The minimum Gasteiger partial charge on any atom is -0.390 e. The first-order valence-corrected chi connectivity index (χ1v) is 15.4. The molecule has 0 bridgehead atoms. The summed E-state index contributed by atoms with van der Waals surface area (Å²) >= 11 is 0. The van der Waals surface area contributed by atoms with Crippen molar-refractivity contribution in [2.75, 3.05) is 17.1 Å². The van der Waals surface area contributed by atoms with Crippen molar-refractivity contribution >= 4 is 27.3 Å². The van der Waals surface area contributed by atoms with Gasteiger partial charge in [0.25, 0.3) is 5.91 Å². The first kappa shape index (κ1) is 32.6. The Kier molecular flexibility index (Phi) is 10.4. The van der Waals surface area contributed by atoms with Crippen molar-refractivity contribution in [3.63, 3.8) is 0 Å². The van der Waals surface area contributed by atoms with Gasteiger partial charge in [0.1, 0.15) is 5.82 Å². The second-order valence-electron chi connectivity index (χ2n) is 10.2. The fourth-order valence-electron chi connectivity index (χ4n) is 4.68. The Labute approximate surface area is 253 Å². The summed E-state index contributed by atoms with van der Waals surface area (Å²) in [5.74, 6) is -1.23. The van der Waals surface area contributed by atoms with Crippen molar-refractivity contribution in [3.05, 3.63) is 131 Å². The Morgan fingerprint density at radius 3 is 2.16 bits per heavy atom. The molecule has 2 atom stereocenters. The molecule has 4 rings (SSSR count). The number of anilines is 2. The fraction of sp³-hybridized carbons (Fsp3) is 0.219. The fourth-order valence-corrected chi connectivity index (χ4v) is 5.67. The van der Waals surface area contributed by atoms with Crippen LogP contribution in [0.1, 0.15) is 27.0 Å². The number of carbonyl (C=O) groups is 1. The number of rotatable bonds is 12. The van der Waals surface area contributed by atoms with E-state index in [0.29, 0.717) is 5.56 Å². The number of alkyl halides is 3. The van der Waals surface area contributed by atoms with E-state index >= 15 is 0 Å². The van der Waals surface area contributed by atoms with Gasteiger partial charge in [-0.3, -0.25) is 4.79 Å². The molecule has 0 heterocycles. The maximum Gasteiger partial charge on any atom is 0.416 e. The largest absolute Gasteiger partial charge is 0.416 e. The van der Waals surface area contributed by atoms with Crippen LogP contribution in [0, 0.1) is 5.82 Å². The molecule has 0 saturated heterocycles. The van der Waals surface area contributed by atoms with E-state index in [1.807, 2.05) is 30.3 Å². The van der Waals surface area contributed by atoms with Crippen molar-refractivity contribution in [3.8, 4) is 0 Å². The van der Waals surface area contributed by atoms with Gasteiger partial charge in [0, 0.05) is 18.7 Å². The highest BCUT2D eigenvalue weighted by Gasteiger charge is 2.30. The molecule has 0 saturated carbocycles. The number of aliphatic hydroxyl groups excluding tert-OH is 1. The van der Waals surface area contributed by atoms with E-state index < -0.39 is 45.6 Å². The normalized spacial score (nSPS) is 13.2. The number of benzene rings is 4. The third kappa shape index (κ3) is 8.88. The van der Waals surface area contributed by atoms with E-state index in [-0.39, 0.29) is 36.4 Å². The minimum absolute atomic E-state index is 0.0461.